The van der Waals surface area contributed by atoms with Crippen molar-refractivity contribution in [3.05, 3.63) is 86.5 Å². The zero-order chi connectivity index (χ0) is 19.1. The van der Waals surface area contributed by atoms with Crippen LogP contribution in [0.4, 0.5) is 4.39 Å². The number of esters is 1. The maximum absolute atomic E-state index is 14.6. The summed E-state index contributed by atoms with van der Waals surface area (Å²) in [6, 6.07) is 13.1. The molecule has 2 aromatic carbocycles. The summed E-state index contributed by atoms with van der Waals surface area (Å²) in [5.41, 5.74) is 6.27. The molecule has 0 radical (unpaired) electrons. The van der Waals surface area contributed by atoms with Crippen molar-refractivity contribution in [1.82, 2.24) is 0 Å². The third-order valence-electron chi connectivity index (χ3n) is 4.48. The maximum atomic E-state index is 14.6. The summed E-state index contributed by atoms with van der Waals surface area (Å²) in [6.07, 6.45) is 0. The summed E-state index contributed by atoms with van der Waals surface area (Å²) in [5, 5.41) is 0.672. The molecule has 0 spiro atoms. The molecule has 2 heterocycles. The van der Waals surface area contributed by atoms with Crippen molar-refractivity contribution in [3.8, 4) is 5.75 Å². The van der Waals surface area contributed by atoms with E-state index >= 15 is 0 Å². The first kappa shape index (κ1) is 17.2. The molecule has 0 saturated carbocycles. The third kappa shape index (κ3) is 2.67. The van der Waals surface area contributed by atoms with Gasteiger partial charge in [-0.1, -0.05) is 41.7 Å². The summed E-state index contributed by atoms with van der Waals surface area (Å²) >= 11 is 1.01. The molecule has 27 heavy (non-hydrogen) atoms. The standard InChI is InChI=1S/C20H14FNO4S/c1-25-19(23)16-14(10-6-2-4-8-12(10)21)15-17(26-18(16)22)11-7-3-5-9-13(11)27-20(15)24/h2-9,14H,22H2,1H3/t14-/m1/s1. The Labute approximate surface area is 157 Å². The van der Waals surface area contributed by atoms with Gasteiger partial charge in [0.05, 0.1) is 18.6 Å². The lowest BCUT2D eigenvalue weighted by Gasteiger charge is -2.28. The fourth-order valence-electron chi connectivity index (χ4n) is 3.29. The average molecular weight is 383 g/mol. The van der Waals surface area contributed by atoms with Crippen molar-refractivity contribution in [2.75, 3.05) is 7.11 Å². The molecular weight excluding hydrogens is 369 g/mol. The predicted molar refractivity (Wildman–Crippen MR) is 100 cm³/mol. The summed E-state index contributed by atoms with van der Waals surface area (Å²) in [5.74, 6) is -2.31. The van der Waals surface area contributed by atoms with Gasteiger partial charge in [-0.25, -0.2) is 9.18 Å². The van der Waals surface area contributed by atoms with Gasteiger partial charge in [-0.2, -0.15) is 0 Å². The number of ether oxygens (including phenoxy) is 2. The lowest BCUT2D eigenvalue weighted by atomic mass is 9.83. The summed E-state index contributed by atoms with van der Waals surface area (Å²) in [6.45, 7) is 0. The van der Waals surface area contributed by atoms with E-state index in [0.717, 1.165) is 11.3 Å². The highest BCUT2D eigenvalue weighted by atomic mass is 32.1. The zero-order valence-electron chi connectivity index (χ0n) is 14.2. The Bertz CT molecular complexity index is 1170. The fraction of sp³-hybridized carbons (Fsp3) is 0.100. The minimum absolute atomic E-state index is 0.0883. The minimum atomic E-state index is -1.02. The highest BCUT2D eigenvalue weighted by Crippen LogP contribution is 2.45. The SMILES string of the molecule is COC(=O)C1=C(N)Oc2c(c(=O)sc3ccccc23)[C@H]1c1ccccc1F. The zero-order valence-corrected chi connectivity index (χ0v) is 15.0. The molecule has 0 saturated heterocycles. The van der Waals surface area contributed by atoms with Crippen LogP contribution < -0.4 is 15.2 Å². The Morgan fingerprint density at radius 3 is 2.63 bits per heavy atom. The van der Waals surface area contributed by atoms with E-state index in [0.29, 0.717) is 10.1 Å². The topological polar surface area (TPSA) is 78.6 Å². The molecule has 7 heteroatoms. The number of halogens is 1. The summed E-state index contributed by atoms with van der Waals surface area (Å²) < 4.78 is 25.5. The first-order valence-electron chi connectivity index (χ1n) is 8.09. The van der Waals surface area contributed by atoms with E-state index in [9.17, 15) is 14.0 Å². The van der Waals surface area contributed by atoms with E-state index in [1.165, 1.54) is 25.3 Å². The Morgan fingerprint density at radius 2 is 1.89 bits per heavy atom. The number of methoxy groups -OCH3 is 1. The minimum Gasteiger partial charge on any atom is -0.465 e. The molecular formula is C20H14FNO4S. The van der Waals surface area contributed by atoms with Crippen LogP contribution >= 0.6 is 11.3 Å². The van der Waals surface area contributed by atoms with Crippen LogP contribution in [0.2, 0.25) is 0 Å². The first-order valence-corrected chi connectivity index (χ1v) is 8.90. The number of carbonyl (C=O) groups is 1. The second kappa shape index (κ2) is 6.51. The number of hydrogen-bond donors (Lipinski definition) is 1. The van der Waals surface area contributed by atoms with Gasteiger partial charge in [0.2, 0.25) is 10.6 Å². The van der Waals surface area contributed by atoms with Crippen LogP contribution in [0.25, 0.3) is 10.1 Å². The molecule has 136 valence electrons. The average Bonchev–Trinajstić information content (AvgIpc) is 2.67. The van der Waals surface area contributed by atoms with Gasteiger partial charge in [0.1, 0.15) is 17.1 Å². The number of rotatable bonds is 2. The monoisotopic (exact) mass is 383 g/mol. The molecule has 3 aromatic rings. The molecule has 0 fully saturated rings. The van der Waals surface area contributed by atoms with E-state index in [4.69, 9.17) is 15.2 Å². The van der Waals surface area contributed by atoms with Gasteiger partial charge >= 0.3 is 5.97 Å². The number of fused-ring (bicyclic) bond motifs is 3. The lowest BCUT2D eigenvalue weighted by molar-refractivity contribution is -0.136. The Kier molecular flexibility index (Phi) is 4.16. The molecule has 5 nitrogen and oxygen atoms in total. The predicted octanol–water partition coefficient (Wildman–Crippen LogP) is 3.27. The van der Waals surface area contributed by atoms with Crippen molar-refractivity contribution < 1.29 is 18.7 Å². The van der Waals surface area contributed by atoms with Crippen molar-refractivity contribution in [2.45, 2.75) is 5.92 Å². The van der Waals surface area contributed by atoms with Crippen molar-refractivity contribution in [3.63, 3.8) is 0 Å². The van der Waals surface area contributed by atoms with E-state index in [-0.39, 0.29) is 33.1 Å². The molecule has 2 N–H and O–H groups in total. The van der Waals surface area contributed by atoms with Gasteiger partial charge in [0, 0.05) is 15.6 Å². The normalized spacial score (nSPS) is 16.0. The van der Waals surface area contributed by atoms with Gasteiger partial charge in [-0.3, -0.25) is 4.79 Å². The molecule has 0 bridgehead atoms. The highest BCUT2D eigenvalue weighted by Gasteiger charge is 2.39. The second-order valence-corrected chi connectivity index (χ2v) is 6.97. The number of carbonyl (C=O) groups excluding carboxylic acids is 1. The first-order chi connectivity index (χ1) is 13.0. The lowest BCUT2D eigenvalue weighted by Crippen LogP contribution is -2.30. The number of benzene rings is 2. The van der Waals surface area contributed by atoms with Crippen LogP contribution in [0.1, 0.15) is 17.0 Å². The van der Waals surface area contributed by atoms with Gasteiger partial charge in [-0.15, -0.1) is 0 Å². The van der Waals surface area contributed by atoms with Crippen LogP contribution in [0.5, 0.6) is 5.75 Å². The molecule has 0 aliphatic carbocycles. The molecule has 1 atom stereocenters. The van der Waals surface area contributed by atoms with Crippen LogP contribution in [0, 0.1) is 5.82 Å². The number of nitrogens with two attached hydrogens (primary N) is 1. The van der Waals surface area contributed by atoms with Crippen LogP contribution in [-0.4, -0.2) is 13.1 Å². The van der Waals surface area contributed by atoms with E-state index in [1.807, 2.05) is 0 Å². The largest absolute Gasteiger partial charge is 0.465 e. The molecule has 0 amide bonds. The Hall–Kier alpha value is -3.19. The van der Waals surface area contributed by atoms with E-state index in [2.05, 4.69) is 0 Å². The highest BCUT2D eigenvalue weighted by molar-refractivity contribution is 7.16. The van der Waals surface area contributed by atoms with Crippen LogP contribution in [0.15, 0.2) is 64.8 Å². The molecule has 1 aromatic heterocycles. The molecule has 1 aliphatic heterocycles. The summed E-state index contributed by atoms with van der Waals surface area (Å²) in [4.78, 5) is 25.3. The van der Waals surface area contributed by atoms with Crippen LogP contribution in [0.3, 0.4) is 0 Å². The van der Waals surface area contributed by atoms with Gasteiger partial charge in [0.25, 0.3) is 0 Å². The Morgan fingerprint density at radius 1 is 1.19 bits per heavy atom. The second-order valence-electron chi connectivity index (χ2n) is 5.95. The van der Waals surface area contributed by atoms with Crippen molar-refractivity contribution >= 4 is 27.4 Å². The fourth-order valence-corrected chi connectivity index (χ4v) is 4.23. The third-order valence-corrected chi connectivity index (χ3v) is 5.46. The van der Waals surface area contributed by atoms with E-state index in [1.54, 1.807) is 30.3 Å². The van der Waals surface area contributed by atoms with Crippen LogP contribution in [-0.2, 0) is 9.53 Å². The van der Waals surface area contributed by atoms with Gasteiger partial charge < -0.3 is 15.2 Å². The molecule has 0 unspecified atom stereocenters. The van der Waals surface area contributed by atoms with Gasteiger partial charge in [0.15, 0.2) is 0 Å². The molecule has 1 aliphatic rings. The van der Waals surface area contributed by atoms with Gasteiger partial charge in [-0.05, 0) is 18.2 Å². The van der Waals surface area contributed by atoms with Crippen molar-refractivity contribution in [2.24, 2.45) is 5.73 Å². The Balaban J connectivity index is 2.11. The number of hydrogen-bond acceptors (Lipinski definition) is 6. The van der Waals surface area contributed by atoms with E-state index < -0.39 is 17.7 Å². The quantitative estimate of drug-likeness (QED) is 0.687. The molecule has 4 rings (SSSR count). The van der Waals surface area contributed by atoms with Crippen molar-refractivity contribution in [1.29, 1.82) is 0 Å². The maximum Gasteiger partial charge on any atom is 0.340 e. The smallest absolute Gasteiger partial charge is 0.340 e. The summed E-state index contributed by atoms with van der Waals surface area (Å²) in [7, 11) is 1.19.